The Balaban J connectivity index is 1.66. The van der Waals surface area contributed by atoms with Gasteiger partial charge in [-0.3, -0.25) is 4.55 Å². The molecule has 0 saturated carbocycles. The fourth-order valence-electron chi connectivity index (χ4n) is 3.33. The number of ether oxygens (including phenoxy) is 5. The number of aliphatic hydroxyl groups excluding tert-OH is 3. The molecule has 152 valence electrons. The van der Waals surface area contributed by atoms with E-state index in [9.17, 15) is 23.7 Å². The fraction of sp³-hybridized carbons (Fsp3) is 1.00. The van der Waals surface area contributed by atoms with Crippen LogP contribution in [0.25, 0.3) is 0 Å². The molecule has 12 nitrogen and oxygen atoms in total. The van der Waals surface area contributed by atoms with E-state index in [1.54, 1.807) is 0 Å². The number of rotatable bonds is 6. The van der Waals surface area contributed by atoms with Crippen molar-refractivity contribution in [3.63, 3.8) is 0 Å². The quantitative estimate of drug-likeness (QED) is 0.336. The van der Waals surface area contributed by atoms with Crippen LogP contribution in [0.2, 0.25) is 0 Å². The summed E-state index contributed by atoms with van der Waals surface area (Å²) >= 11 is 0. The monoisotopic (exact) mass is 402 g/mol. The van der Waals surface area contributed by atoms with Crippen molar-refractivity contribution in [3.8, 4) is 0 Å². The Hall–Kier alpha value is -0.450. The first-order valence-electron chi connectivity index (χ1n) is 7.97. The van der Waals surface area contributed by atoms with Crippen molar-refractivity contribution >= 4 is 10.4 Å². The molecule has 9 atom stereocenters. The Morgan fingerprint density at radius 1 is 1.19 bits per heavy atom. The zero-order chi connectivity index (χ0) is 19.1. The molecule has 0 aromatic carbocycles. The zero-order valence-corrected chi connectivity index (χ0v) is 14.6. The summed E-state index contributed by atoms with van der Waals surface area (Å²) in [6.07, 6.45) is -9.39. The van der Waals surface area contributed by atoms with E-state index in [1.807, 2.05) is 0 Å². The molecular weight excluding hydrogens is 380 g/mol. The average Bonchev–Trinajstić information content (AvgIpc) is 2.86. The maximum atomic E-state index is 10.9. The maximum absolute atomic E-state index is 10.9. The van der Waals surface area contributed by atoms with E-state index < -0.39 is 72.3 Å². The van der Waals surface area contributed by atoms with Crippen molar-refractivity contribution in [3.05, 3.63) is 0 Å². The maximum Gasteiger partial charge on any atom is 0.397 e. The summed E-state index contributed by atoms with van der Waals surface area (Å²) in [5, 5.41) is 29.7. The summed E-state index contributed by atoms with van der Waals surface area (Å²) in [6.45, 7) is -0.487. The van der Waals surface area contributed by atoms with Crippen LogP contribution in [0.3, 0.4) is 0 Å². The van der Waals surface area contributed by atoms with Gasteiger partial charge in [-0.15, -0.1) is 0 Å². The molecule has 0 spiro atoms. The van der Waals surface area contributed by atoms with E-state index in [0.717, 1.165) is 0 Å². The summed E-state index contributed by atoms with van der Waals surface area (Å²) < 4.78 is 62.0. The van der Waals surface area contributed by atoms with Crippen molar-refractivity contribution in [2.45, 2.75) is 61.7 Å². The molecule has 3 heterocycles. The highest BCUT2D eigenvalue weighted by Gasteiger charge is 2.54. The Kier molecular flexibility index (Phi) is 6.15. The molecule has 3 aliphatic rings. The van der Waals surface area contributed by atoms with Crippen LogP contribution in [0, 0.1) is 0 Å². The van der Waals surface area contributed by atoms with E-state index in [4.69, 9.17) is 28.2 Å². The van der Waals surface area contributed by atoms with E-state index in [0.29, 0.717) is 0 Å². The number of fused-ring (bicyclic) bond motifs is 2. The molecule has 26 heavy (non-hydrogen) atoms. The number of methoxy groups -OCH3 is 1. The second-order valence-corrected chi connectivity index (χ2v) is 7.31. The van der Waals surface area contributed by atoms with Crippen molar-refractivity contribution in [1.82, 2.24) is 0 Å². The lowest BCUT2D eigenvalue weighted by Gasteiger charge is -2.42. The third-order valence-electron chi connectivity index (χ3n) is 4.53. The minimum Gasteiger partial charge on any atom is -0.394 e. The molecule has 3 saturated heterocycles. The molecule has 3 fully saturated rings. The van der Waals surface area contributed by atoms with Gasteiger partial charge in [-0.1, -0.05) is 0 Å². The molecule has 0 aromatic rings. The molecule has 0 radical (unpaired) electrons. The predicted molar refractivity (Wildman–Crippen MR) is 79.1 cm³/mol. The molecule has 0 aromatic heterocycles. The van der Waals surface area contributed by atoms with Crippen molar-refractivity contribution in [1.29, 1.82) is 0 Å². The molecule has 4 unspecified atom stereocenters. The van der Waals surface area contributed by atoms with Gasteiger partial charge >= 0.3 is 10.4 Å². The van der Waals surface area contributed by atoms with Gasteiger partial charge in [-0.25, -0.2) is 4.18 Å². The van der Waals surface area contributed by atoms with Gasteiger partial charge in [-0.05, 0) is 0 Å². The third kappa shape index (κ3) is 4.18. The third-order valence-corrected chi connectivity index (χ3v) is 5.02. The molecule has 4 N–H and O–H groups in total. The van der Waals surface area contributed by atoms with Crippen molar-refractivity contribution in [2.24, 2.45) is 0 Å². The van der Waals surface area contributed by atoms with Gasteiger partial charge in [0.25, 0.3) is 0 Å². The largest absolute Gasteiger partial charge is 0.397 e. The summed E-state index contributed by atoms with van der Waals surface area (Å²) in [7, 11) is -3.41. The first kappa shape index (κ1) is 20.3. The highest BCUT2D eigenvalue weighted by Crippen LogP contribution is 2.35. The standard InChI is InChI=1S/C13H22O12S/c1-20-13-9(16)11-10(8(23-13)4-21-11)24-12-5(15)2-6(7(3-14)22-12)25-26(17,18)19/h5-16H,2-4H2,1H3,(H,17,18,19)/t5?,6-,7?,8?,9?,10+,11+,12+,13+/m1/s1. The van der Waals surface area contributed by atoms with Crippen LogP contribution in [0.1, 0.15) is 6.42 Å². The molecule has 2 bridgehead atoms. The molecule has 13 heteroatoms. The van der Waals surface area contributed by atoms with Crippen LogP contribution in [-0.2, 0) is 38.3 Å². The number of hydrogen-bond donors (Lipinski definition) is 4. The zero-order valence-electron chi connectivity index (χ0n) is 13.8. The second-order valence-electron chi connectivity index (χ2n) is 6.26. The summed E-state index contributed by atoms with van der Waals surface area (Å²) in [4.78, 5) is 0. The number of aliphatic hydroxyl groups is 3. The lowest BCUT2D eigenvalue weighted by molar-refractivity contribution is -0.321. The molecular formula is C13H22O12S. The van der Waals surface area contributed by atoms with Crippen molar-refractivity contribution < 1.29 is 56.2 Å². The van der Waals surface area contributed by atoms with E-state index in [1.165, 1.54) is 7.11 Å². The van der Waals surface area contributed by atoms with Gasteiger partial charge in [0.05, 0.1) is 13.2 Å². The Bertz CT molecular complexity index is 584. The summed E-state index contributed by atoms with van der Waals surface area (Å²) in [5.41, 5.74) is 0. The van der Waals surface area contributed by atoms with Gasteiger partial charge in [0.15, 0.2) is 12.6 Å². The van der Waals surface area contributed by atoms with Gasteiger partial charge in [0.1, 0.15) is 42.7 Å². The fourth-order valence-corrected chi connectivity index (χ4v) is 3.85. The first-order chi connectivity index (χ1) is 12.2. The highest BCUT2D eigenvalue weighted by molar-refractivity contribution is 7.80. The van der Waals surface area contributed by atoms with Gasteiger partial charge in [-0.2, -0.15) is 8.42 Å². The predicted octanol–water partition coefficient (Wildman–Crippen LogP) is -2.84. The van der Waals surface area contributed by atoms with Crippen LogP contribution in [0.4, 0.5) is 0 Å². The normalized spacial score (nSPS) is 46.4. The minimum absolute atomic E-state index is 0.146. The van der Waals surface area contributed by atoms with Crippen LogP contribution < -0.4 is 0 Å². The molecule has 3 aliphatic heterocycles. The van der Waals surface area contributed by atoms with Crippen LogP contribution in [0.5, 0.6) is 0 Å². The smallest absolute Gasteiger partial charge is 0.394 e. The van der Waals surface area contributed by atoms with Crippen LogP contribution in [0.15, 0.2) is 0 Å². The second kappa shape index (κ2) is 7.89. The van der Waals surface area contributed by atoms with E-state index in [2.05, 4.69) is 4.18 Å². The van der Waals surface area contributed by atoms with E-state index in [-0.39, 0.29) is 13.0 Å². The highest BCUT2D eigenvalue weighted by atomic mass is 32.3. The Morgan fingerprint density at radius 3 is 2.54 bits per heavy atom. The number of hydrogen-bond acceptors (Lipinski definition) is 11. The molecule has 0 aliphatic carbocycles. The average molecular weight is 402 g/mol. The summed E-state index contributed by atoms with van der Waals surface area (Å²) in [5.74, 6) is 0. The van der Waals surface area contributed by atoms with Crippen molar-refractivity contribution in [2.75, 3.05) is 20.3 Å². The SMILES string of the molecule is CO[C@H]1OC2CO[C@@H](C1O)[C@H]2O[C@@H]1OC(CO)[C@H](OS(=O)(=O)O)CC1O. The summed E-state index contributed by atoms with van der Waals surface area (Å²) in [6, 6.07) is 0. The molecule has 3 rings (SSSR count). The van der Waals surface area contributed by atoms with Gasteiger partial charge in [0, 0.05) is 13.5 Å². The van der Waals surface area contributed by atoms with Gasteiger partial charge in [0.2, 0.25) is 0 Å². The van der Waals surface area contributed by atoms with Gasteiger partial charge < -0.3 is 39.0 Å². The first-order valence-corrected chi connectivity index (χ1v) is 9.33. The topological polar surface area (TPSA) is 170 Å². The van der Waals surface area contributed by atoms with Crippen LogP contribution in [-0.4, -0.2) is 104 Å². The lowest BCUT2D eigenvalue weighted by Crippen LogP contribution is -2.58. The Labute approximate surface area is 149 Å². The minimum atomic E-state index is -4.79. The Morgan fingerprint density at radius 2 is 1.92 bits per heavy atom. The van der Waals surface area contributed by atoms with E-state index >= 15 is 0 Å². The van der Waals surface area contributed by atoms with Crippen LogP contribution >= 0.6 is 0 Å². The molecule has 0 amide bonds. The lowest BCUT2D eigenvalue weighted by atomic mass is 10.0.